The van der Waals surface area contributed by atoms with Crippen molar-refractivity contribution >= 4 is 17.5 Å². The van der Waals surface area contributed by atoms with Crippen LogP contribution in [-0.4, -0.2) is 20.7 Å². The third-order valence-corrected chi connectivity index (χ3v) is 3.74. The second-order valence-corrected chi connectivity index (χ2v) is 5.49. The van der Waals surface area contributed by atoms with E-state index in [1.165, 1.54) is 0 Å². The summed E-state index contributed by atoms with van der Waals surface area (Å²) in [5.74, 6) is 0.515. The highest BCUT2D eigenvalue weighted by atomic mass is 35.5. The Kier molecular flexibility index (Phi) is 4.39. The summed E-state index contributed by atoms with van der Waals surface area (Å²) >= 11 is 5.85. The molecule has 0 aliphatic heterocycles. The van der Waals surface area contributed by atoms with E-state index in [1.807, 2.05) is 37.3 Å². The molecule has 0 saturated heterocycles. The van der Waals surface area contributed by atoms with Crippen molar-refractivity contribution in [3.8, 4) is 5.82 Å². The van der Waals surface area contributed by atoms with E-state index in [0.717, 1.165) is 11.3 Å². The Bertz CT molecular complexity index is 812. The number of nitrogens with zero attached hydrogens (tertiary/aromatic N) is 3. The molecular weight excluding hydrogens is 312 g/mol. The number of nitrogens with one attached hydrogen (secondary N) is 1. The van der Waals surface area contributed by atoms with Crippen LogP contribution in [0, 0.1) is 6.92 Å². The lowest BCUT2D eigenvalue weighted by molar-refractivity contribution is 0.0950. The van der Waals surface area contributed by atoms with Gasteiger partial charge >= 0.3 is 0 Å². The molecule has 1 amide bonds. The van der Waals surface area contributed by atoms with E-state index < -0.39 is 0 Å². The predicted octanol–water partition coefficient (Wildman–Crippen LogP) is 3.16. The third kappa shape index (κ3) is 3.40. The van der Waals surface area contributed by atoms with Gasteiger partial charge in [-0.2, -0.15) is 5.10 Å². The number of carbonyl (C=O) groups is 1. The third-order valence-electron chi connectivity index (χ3n) is 3.49. The fraction of sp³-hybridized carbons (Fsp3) is 0.118. The molecule has 0 atom stereocenters. The van der Waals surface area contributed by atoms with Crippen molar-refractivity contribution < 1.29 is 4.79 Å². The van der Waals surface area contributed by atoms with Crippen LogP contribution in [-0.2, 0) is 6.54 Å². The highest BCUT2D eigenvalue weighted by Crippen LogP contribution is 2.13. The minimum atomic E-state index is -0.167. The average molecular weight is 327 g/mol. The molecule has 6 heteroatoms. The molecule has 1 aromatic carbocycles. The van der Waals surface area contributed by atoms with Crippen molar-refractivity contribution in [2.45, 2.75) is 13.5 Å². The average Bonchev–Trinajstić information content (AvgIpc) is 2.96. The molecule has 0 saturated carbocycles. The van der Waals surface area contributed by atoms with E-state index in [0.29, 0.717) is 22.9 Å². The molecule has 0 fully saturated rings. The number of amides is 1. The highest BCUT2D eigenvalue weighted by molar-refractivity contribution is 6.30. The lowest BCUT2D eigenvalue weighted by Crippen LogP contribution is -2.23. The molecular formula is C17H15ClN4O. The molecule has 0 unspecified atom stereocenters. The zero-order valence-corrected chi connectivity index (χ0v) is 13.3. The zero-order valence-electron chi connectivity index (χ0n) is 12.5. The van der Waals surface area contributed by atoms with Gasteiger partial charge in [-0.1, -0.05) is 29.8 Å². The fourth-order valence-corrected chi connectivity index (χ4v) is 2.35. The summed E-state index contributed by atoms with van der Waals surface area (Å²) < 4.78 is 1.65. The van der Waals surface area contributed by atoms with Crippen LogP contribution in [0.3, 0.4) is 0 Å². The highest BCUT2D eigenvalue weighted by Gasteiger charge is 2.15. The van der Waals surface area contributed by atoms with Gasteiger partial charge in [0.25, 0.3) is 5.91 Å². The first-order chi connectivity index (χ1) is 11.1. The van der Waals surface area contributed by atoms with Gasteiger partial charge in [-0.25, -0.2) is 9.67 Å². The van der Waals surface area contributed by atoms with Gasteiger partial charge < -0.3 is 5.32 Å². The van der Waals surface area contributed by atoms with Crippen molar-refractivity contribution in [3.63, 3.8) is 0 Å². The van der Waals surface area contributed by atoms with Crippen LogP contribution in [0.25, 0.3) is 5.82 Å². The summed E-state index contributed by atoms with van der Waals surface area (Å²) in [7, 11) is 0. The van der Waals surface area contributed by atoms with Gasteiger partial charge in [0.1, 0.15) is 0 Å². The minimum absolute atomic E-state index is 0.167. The van der Waals surface area contributed by atoms with E-state index in [4.69, 9.17) is 11.6 Å². The van der Waals surface area contributed by atoms with Crippen LogP contribution in [0.15, 0.2) is 54.9 Å². The number of pyridine rings is 1. The number of rotatable bonds is 4. The minimum Gasteiger partial charge on any atom is -0.348 e. The standard InChI is InChI=1S/C17H15ClN4O/c1-12-15(11-21-22(12)16-4-2-3-9-19-16)17(23)20-10-13-5-7-14(18)8-6-13/h2-9,11H,10H2,1H3,(H,20,23). The summed E-state index contributed by atoms with van der Waals surface area (Å²) in [6.45, 7) is 2.28. The summed E-state index contributed by atoms with van der Waals surface area (Å²) in [5.41, 5.74) is 2.26. The number of halogens is 1. The summed E-state index contributed by atoms with van der Waals surface area (Å²) in [5, 5.41) is 7.81. The topological polar surface area (TPSA) is 59.8 Å². The maximum absolute atomic E-state index is 12.3. The number of hydrogen-bond donors (Lipinski definition) is 1. The maximum atomic E-state index is 12.3. The second-order valence-electron chi connectivity index (χ2n) is 5.05. The van der Waals surface area contributed by atoms with Crippen molar-refractivity contribution in [1.82, 2.24) is 20.1 Å². The van der Waals surface area contributed by atoms with Crippen LogP contribution >= 0.6 is 11.6 Å². The first-order valence-electron chi connectivity index (χ1n) is 7.14. The molecule has 2 heterocycles. The SMILES string of the molecule is Cc1c(C(=O)NCc2ccc(Cl)cc2)cnn1-c1ccccn1. The number of benzene rings is 1. The van der Waals surface area contributed by atoms with Gasteiger partial charge in [-0.05, 0) is 36.8 Å². The Balaban J connectivity index is 1.73. The zero-order chi connectivity index (χ0) is 16.2. The van der Waals surface area contributed by atoms with Gasteiger partial charge in [0.05, 0.1) is 17.5 Å². The molecule has 0 aliphatic carbocycles. The predicted molar refractivity (Wildman–Crippen MR) is 88.7 cm³/mol. The maximum Gasteiger partial charge on any atom is 0.255 e. The van der Waals surface area contributed by atoms with Gasteiger partial charge in [-0.15, -0.1) is 0 Å². The molecule has 3 aromatic rings. The smallest absolute Gasteiger partial charge is 0.255 e. The molecule has 23 heavy (non-hydrogen) atoms. The van der Waals surface area contributed by atoms with Crippen molar-refractivity contribution in [1.29, 1.82) is 0 Å². The van der Waals surface area contributed by atoms with E-state index in [9.17, 15) is 4.79 Å². The van der Waals surface area contributed by atoms with Crippen LogP contribution in [0.4, 0.5) is 0 Å². The molecule has 0 radical (unpaired) electrons. The van der Waals surface area contributed by atoms with Gasteiger partial charge in [0.2, 0.25) is 0 Å². The molecule has 3 rings (SSSR count). The molecule has 0 aliphatic rings. The Labute approximate surface area is 138 Å². The monoisotopic (exact) mass is 326 g/mol. The Morgan fingerprint density at radius 1 is 1.22 bits per heavy atom. The van der Waals surface area contributed by atoms with Crippen LogP contribution in [0.5, 0.6) is 0 Å². The molecule has 2 aromatic heterocycles. The van der Waals surface area contributed by atoms with E-state index in [-0.39, 0.29) is 5.91 Å². The Morgan fingerprint density at radius 3 is 2.70 bits per heavy atom. The normalized spacial score (nSPS) is 10.5. The first kappa shape index (κ1) is 15.2. The lowest BCUT2D eigenvalue weighted by atomic mass is 10.2. The van der Waals surface area contributed by atoms with E-state index in [1.54, 1.807) is 29.2 Å². The van der Waals surface area contributed by atoms with Crippen LogP contribution in [0.2, 0.25) is 5.02 Å². The van der Waals surface area contributed by atoms with Gasteiger partial charge in [-0.3, -0.25) is 4.79 Å². The van der Waals surface area contributed by atoms with E-state index >= 15 is 0 Å². The first-order valence-corrected chi connectivity index (χ1v) is 7.51. The fourth-order valence-electron chi connectivity index (χ4n) is 2.22. The molecule has 0 bridgehead atoms. The summed E-state index contributed by atoms with van der Waals surface area (Å²) in [4.78, 5) is 16.6. The Hall–Kier alpha value is -2.66. The van der Waals surface area contributed by atoms with Crippen LogP contribution < -0.4 is 5.32 Å². The summed E-state index contributed by atoms with van der Waals surface area (Å²) in [6.07, 6.45) is 3.25. The largest absolute Gasteiger partial charge is 0.348 e. The second kappa shape index (κ2) is 6.62. The molecule has 1 N–H and O–H groups in total. The van der Waals surface area contributed by atoms with Crippen molar-refractivity contribution in [2.75, 3.05) is 0 Å². The molecule has 5 nitrogen and oxygen atoms in total. The summed E-state index contributed by atoms with van der Waals surface area (Å²) in [6, 6.07) is 12.9. The number of carbonyl (C=O) groups excluding carboxylic acids is 1. The van der Waals surface area contributed by atoms with Crippen LogP contribution in [0.1, 0.15) is 21.6 Å². The number of aromatic nitrogens is 3. The van der Waals surface area contributed by atoms with Gasteiger partial charge in [0, 0.05) is 17.8 Å². The van der Waals surface area contributed by atoms with Crippen molar-refractivity contribution in [3.05, 3.63) is 76.7 Å². The lowest BCUT2D eigenvalue weighted by Gasteiger charge is -2.06. The Morgan fingerprint density at radius 2 is 2.00 bits per heavy atom. The quantitative estimate of drug-likeness (QED) is 0.801. The van der Waals surface area contributed by atoms with E-state index in [2.05, 4.69) is 15.4 Å². The van der Waals surface area contributed by atoms with Gasteiger partial charge in [0.15, 0.2) is 5.82 Å². The molecule has 0 spiro atoms. The van der Waals surface area contributed by atoms with Crippen molar-refractivity contribution in [2.24, 2.45) is 0 Å². The number of hydrogen-bond acceptors (Lipinski definition) is 3. The molecule has 116 valence electrons.